The Labute approximate surface area is 83.5 Å². The van der Waals surface area contributed by atoms with Crippen molar-refractivity contribution in [3.8, 4) is 0 Å². The van der Waals surface area contributed by atoms with E-state index in [1.165, 1.54) is 5.56 Å². The highest BCUT2D eigenvalue weighted by Gasteiger charge is 2.08. The van der Waals surface area contributed by atoms with E-state index in [0.717, 1.165) is 10.5 Å². The van der Waals surface area contributed by atoms with Crippen molar-refractivity contribution in [2.24, 2.45) is 0 Å². The molecule has 70 valence electrons. The predicted molar refractivity (Wildman–Crippen MR) is 57.6 cm³/mol. The van der Waals surface area contributed by atoms with Crippen LogP contribution in [-0.2, 0) is 0 Å². The average Bonchev–Trinajstić information content (AvgIpc) is 2.16. The standard InChI is InChI=1S/C11H14OS/c1-4-10(12)9-6-5-8(2)7-11(9)13-3/h5-7H,4H2,1-3H3. The smallest absolute Gasteiger partial charge is 0.163 e. The van der Waals surface area contributed by atoms with E-state index in [1.807, 2.05) is 32.2 Å². The summed E-state index contributed by atoms with van der Waals surface area (Å²) in [5.74, 6) is 0.226. The van der Waals surface area contributed by atoms with Crippen molar-refractivity contribution < 1.29 is 4.79 Å². The molecule has 0 N–H and O–H groups in total. The van der Waals surface area contributed by atoms with E-state index in [4.69, 9.17) is 0 Å². The maximum atomic E-state index is 11.5. The van der Waals surface area contributed by atoms with E-state index in [0.29, 0.717) is 6.42 Å². The first-order chi connectivity index (χ1) is 6.19. The number of carbonyl (C=O) groups excluding carboxylic acids is 1. The van der Waals surface area contributed by atoms with Gasteiger partial charge >= 0.3 is 0 Å². The zero-order valence-electron chi connectivity index (χ0n) is 8.26. The van der Waals surface area contributed by atoms with E-state index in [-0.39, 0.29) is 5.78 Å². The first-order valence-corrected chi connectivity index (χ1v) is 5.59. The molecule has 2 heteroatoms. The Hall–Kier alpha value is -0.760. The molecular weight excluding hydrogens is 180 g/mol. The van der Waals surface area contributed by atoms with Crippen LogP contribution in [0.5, 0.6) is 0 Å². The lowest BCUT2D eigenvalue weighted by Crippen LogP contribution is -1.98. The summed E-state index contributed by atoms with van der Waals surface area (Å²) in [6.45, 7) is 3.94. The summed E-state index contributed by atoms with van der Waals surface area (Å²) in [6.07, 6.45) is 2.58. The molecule has 1 rings (SSSR count). The van der Waals surface area contributed by atoms with E-state index in [2.05, 4.69) is 6.07 Å². The van der Waals surface area contributed by atoms with Crippen molar-refractivity contribution >= 4 is 17.5 Å². The molecule has 1 nitrogen and oxygen atoms in total. The quantitative estimate of drug-likeness (QED) is 0.542. The van der Waals surface area contributed by atoms with Gasteiger partial charge in [-0.3, -0.25) is 4.79 Å². The third-order valence-electron chi connectivity index (χ3n) is 1.98. The van der Waals surface area contributed by atoms with Crippen molar-refractivity contribution in [2.45, 2.75) is 25.2 Å². The van der Waals surface area contributed by atoms with Gasteiger partial charge in [-0.15, -0.1) is 11.8 Å². The van der Waals surface area contributed by atoms with Crippen LogP contribution in [-0.4, -0.2) is 12.0 Å². The van der Waals surface area contributed by atoms with Crippen molar-refractivity contribution in [2.75, 3.05) is 6.26 Å². The summed E-state index contributed by atoms with van der Waals surface area (Å²) in [6, 6.07) is 5.98. The van der Waals surface area contributed by atoms with Gasteiger partial charge in [0, 0.05) is 16.9 Å². The molecule has 0 aliphatic heterocycles. The second kappa shape index (κ2) is 4.47. The second-order valence-electron chi connectivity index (χ2n) is 2.98. The summed E-state index contributed by atoms with van der Waals surface area (Å²) in [5.41, 5.74) is 2.07. The van der Waals surface area contributed by atoms with Gasteiger partial charge in [-0.2, -0.15) is 0 Å². The van der Waals surface area contributed by atoms with Gasteiger partial charge in [0.15, 0.2) is 5.78 Å². The number of rotatable bonds is 3. The van der Waals surface area contributed by atoms with Crippen molar-refractivity contribution in [3.05, 3.63) is 29.3 Å². The SMILES string of the molecule is CCC(=O)c1ccc(C)cc1SC. The Morgan fingerprint density at radius 3 is 2.69 bits per heavy atom. The normalized spacial score (nSPS) is 10.1. The molecule has 0 aliphatic carbocycles. The minimum absolute atomic E-state index is 0.226. The number of Topliss-reactive ketones (excluding diaryl/α,β-unsaturated/α-hetero) is 1. The number of aryl methyl sites for hydroxylation is 1. The number of thioether (sulfide) groups is 1. The highest BCUT2D eigenvalue weighted by molar-refractivity contribution is 7.98. The third kappa shape index (κ3) is 2.34. The van der Waals surface area contributed by atoms with E-state index in [9.17, 15) is 4.79 Å². The second-order valence-corrected chi connectivity index (χ2v) is 3.83. The topological polar surface area (TPSA) is 17.1 Å². The summed E-state index contributed by atoms with van der Waals surface area (Å²) in [5, 5.41) is 0. The van der Waals surface area contributed by atoms with Crippen molar-refractivity contribution in [1.29, 1.82) is 0 Å². The molecule has 1 aromatic carbocycles. The molecular formula is C11H14OS. The Morgan fingerprint density at radius 2 is 2.15 bits per heavy atom. The highest BCUT2D eigenvalue weighted by Crippen LogP contribution is 2.22. The maximum Gasteiger partial charge on any atom is 0.163 e. The van der Waals surface area contributed by atoms with Crippen LogP contribution in [0, 0.1) is 6.92 Å². The van der Waals surface area contributed by atoms with Gasteiger partial charge in [-0.25, -0.2) is 0 Å². The van der Waals surface area contributed by atoms with Gasteiger partial charge in [0.25, 0.3) is 0 Å². The first-order valence-electron chi connectivity index (χ1n) is 4.37. The molecule has 0 aromatic heterocycles. The fourth-order valence-corrected chi connectivity index (χ4v) is 1.92. The Bertz CT molecular complexity index is 318. The largest absolute Gasteiger partial charge is 0.294 e. The monoisotopic (exact) mass is 194 g/mol. The van der Waals surface area contributed by atoms with Gasteiger partial charge in [0.2, 0.25) is 0 Å². The van der Waals surface area contributed by atoms with E-state index < -0.39 is 0 Å². The molecule has 13 heavy (non-hydrogen) atoms. The Kier molecular flexibility index (Phi) is 3.55. The van der Waals surface area contributed by atoms with Crippen LogP contribution in [0.3, 0.4) is 0 Å². The molecule has 0 saturated heterocycles. The van der Waals surface area contributed by atoms with Crippen LogP contribution in [0.2, 0.25) is 0 Å². The van der Waals surface area contributed by atoms with Gasteiger partial charge in [0.05, 0.1) is 0 Å². The van der Waals surface area contributed by atoms with Gasteiger partial charge in [-0.1, -0.05) is 19.1 Å². The molecule has 0 amide bonds. The molecule has 1 aromatic rings. The average molecular weight is 194 g/mol. The molecule has 0 saturated carbocycles. The summed E-state index contributed by atoms with van der Waals surface area (Å²) in [7, 11) is 0. The lowest BCUT2D eigenvalue weighted by molar-refractivity contribution is 0.0985. The zero-order valence-corrected chi connectivity index (χ0v) is 9.07. The number of hydrogen-bond donors (Lipinski definition) is 0. The number of benzene rings is 1. The fourth-order valence-electron chi connectivity index (χ4n) is 1.22. The fraction of sp³-hybridized carbons (Fsp3) is 0.364. The Balaban J connectivity index is 3.13. The number of ketones is 1. The van der Waals surface area contributed by atoms with E-state index >= 15 is 0 Å². The van der Waals surface area contributed by atoms with Crippen LogP contribution in [0.4, 0.5) is 0 Å². The van der Waals surface area contributed by atoms with Crippen LogP contribution in [0.15, 0.2) is 23.1 Å². The number of hydrogen-bond acceptors (Lipinski definition) is 2. The molecule has 0 atom stereocenters. The molecule has 0 spiro atoms. The van der Waals surface area contributed by atoms with Crippen molar-refractivity contribution in [1.82, 2.24) is 0 Å². The lowest BCUT2D eigenvalue weighted by Gasteiger charge is -2.05. The molecule has 0 aliphatic rings. The summed E-state index contributed by atoms with van der Waals surface area (Å²) >= 11 is 1.63. The molecule has 0 bridgehead atoms. The van der Waals surface area contributed by atoms with Crippen LogP contribution >= 0.6 is 11.8 Å². The third-order valence-corrected chi connectivity index (χ3v) is 2.76. The summed E-state index contributed by atoms with van der Waals surface area (Å²) in [4.78, 5) is 12.6. The Morgan fingerprint density at radius 1 is 1.46 bits per heavy atom. The van der Waals surface area contributed by atoms with Crippen LogP contribution in [0.25, 0.3) is 0 Å². The van der Waals surface area contributed by atoms with E-state index in [1.54, 1.807) is 11.8 Å². The molecule has 0 heterocycles. The summed E-state index contributed by atoms with van der Waals surface area (Å²) < 4.78 is 0. The predicted octanol–water partition coefficient (Wildman–Crippen LogP) is 3.31. The van der Waals surface area contributed by atoms with Crippen molar-refractivity contribution in [3.63, 3.8) is 0 Å². The zero-order chi connectivity index (χ0) is 9.84. The van der Waals surface area contributed by atoms with Crippen LogP contribution < -0.4 is 0 Å². The molecule has 0 fully saturated rings. The molecule has 0 radical (unpaired) electrons. The minimum Gasteiger partial charge on any atom is -0.294 e. The van der Waals surface area contributed by atoms with Gasteiger partial charge in [0.1, 0.15) is 0 Å². The van der Waals surface area contributed by atoms with Gasteiger partial charge < -0.3 is 0 Å². The van der Waals surface area contributed by atoms with Gasteiger partial charge in [-0.05, 0) is 24.8 Å². The number of carbonyl (C=O) groups is 1. The minimum atomic E-state index is 0.226. The molecule has 0 unspecified atom stereocenters. The highest BCUT2D eigenvalue weighted by atomic mass is 32.2. The van der Waals surface area contributed by atoms with Crippen LogP contribution in [0.1, 0.15) is 29.3 Å². The first kappa shape index (κ1) is 10.3. The maximum absolute atomic E-state index is 11.5. The lowest BCUT2D eigenvalue weighted by atomic mass is 10.1.